The number of hydrogen-bond donors (Lipinski definition) is 2. The van der Waals surface area contributed by atoms with E-state index in [2.05, 4.69) is 5.32 Å². The predicted octanol–water partition coefficient (Wildman–Crippen LogP) is 5.93. The van der Waals surface area contributed by atoms with Gasteiger partial charge in [0.2, 0.25) is 0 Å². The van der Waals surface area contributed by atoms with Crippen LogP contribution in [0.1, 0.15) is 78.5 Å². The van der Waals surface area contributed by atoms with Gasteiger partial charge in [0, 0.05) is 24.1 Å². The molecule has 0 bridgehead atoms. The molecule has 2 aliphatic rings. The zero-order chi connectivity index (χ0) is 26.2. The summed E-state index contributed by atoms with van der Waals surface area (Å²) in [7, 11) is 0. The first-order chi connectivity index (χ1) is 17.9. The first kappa shape index (κ1) is 27.0. The maximum atomic E-state index is 12.5. The second kappa shape index (κ2) is 13.0. The molecule has 0 saturated heterocycles. The Bertz CT molecular complexity index is 1090. The number of ketones is 1. The van der Waals surface area contributed by atoms with Crippen molar-refractivity contribution in [3.8, 4) is 11.5 Å². The van der Waals surface area contributed by atoms with Gasteiger partial charge in [-0.15, -0.1) is 0 Å². The molecule has 0 aromatic heterocycles. The molecule has 4 rings (SSSR count). The normalized spacial score (nSPS) is 19.5. The summed E-state index contributed by atoms with van der Waals surface area (Å²) in [6, 6.07) is 12.1. The van der Waals surface area contributed by atoms with Crippen LogP contribution in [0, 0.1) is 11.8 Å². The van der Waals surface area contributed by atoms with Crippen LogP contribution in [0.25, 0.3) is 0 Å². The SMILES string of the molecule is O=C(CCCNC(=O)c1ccc(OCC2CCC2)c(Cl)c1)c1ccc(OC2CCC(C(=O)O)CC2)cc1. The number of carbonyl (C=O) groups excluding carboxylic acids is 2. The van der Waals surface area contributed by atoms with E-state index in [0.29, 0.717) is 85.2 Å². The van der Waals surface area contributed by atoms with Gasteiger partial charge in [0.15, 0.2) is 5.78 Å². The number of amides is 1. The fraction of sp³-hybridized carbons (Fsp3) is 0.483. The highest BCUT2D eigenvalue weighted by Gasteiger charge is 2.27. The third-order valence-electron chi connectivity index (χ3n) is 7.26. The van der Waals surface area contributed by atoms with Crippen molar-refractivity contribution in [1.29, 1.82) is 0 Å². The molecule has 2 aromatic carbocycles. The molecule has 0 spiro atoms. The second-order valence-electron chi connectivity index (χ2n) is 9.99. The zero-order valence-electron chi connectivity index (χ0n) is 20.9. The Balaban J connectivity index is 1.15. The largest absolute Gasteiger partial charge is 0.492 e. The number of aliphatic carboxylic acids is 1. The molecule has 1 amide bonds. The monoisotopic (exact) mass is 527 g/mol. The third kappa shape index (κ3) is 7.71. The number of carboxylic acid groups (broad SMARTS) is 1. The van der Waals surface area contributed by atoms with Gasteiger partial charge < -0.3 is 19.9 Å². The van der Waals surface area contributed by atoms with E-state index in [-0.39, 0.29) is 23.7 Å². The van der Waals surface area contributed by atoms with Crippen LogP contribution in [0.3, 0.4) is 0 Å². The van der Waals surface area contributed by atoms with Gasteiger partial charge in [-0.25, -0.2) is 0 Å². The average molecular weight is 528 g/mol. The molecule has 0 atom stereocenters. The van der Waals surface area contributed by atoms with Crippen molar-refractivity contribution in [2.75, 3.05) is 13.2 Å². The van der Waals surface area contributed by atoms with Crippen LogP contribution in [0.4, 0.5) is 0 Å². The van der Waals surface area contributed by atoms with E-state index < -0.39 is 5.97 Å². The summed E-state index contributed by atoms with van der Waals surface area (Å²) in [5.41, 5.74) is 1.05. The molecule has 0 heterocycles. The standard InChI is InChI=1S/C29H34ClNO6/c30-25-17-22(10-15-27(25)36-18-19-3-1-4-19)28(33)31-16-2-5-26(32)20-6-11-23(12-7-20)37-24-13-8-21(9-14-24)29(34)35/h6-7,10-12,15,17,19,21,24H,1-5,8-9,13-14,16,18H2,(H,31,33)(H,34,35). The van der Waals surface area contributed by atoms with Gasteiger partial charge in [-0.1, -0.05) is 18.0 Å². The number of halogens is 1. The van der Waals surface area contributed by atoms with Crippen molar-refractivity contribution in [3.63, 3.8) is 0 Å². The highest BCUT2D eigenvalue weighted by Crippen LogP contribution is 2.31. The number of carboxylic acids is 1. The van der Waals surface area contributed by atoms with Crippen LogP contribution < -0.4 is 14.8 Å². The molecule has 2 aromatic rings. The highest BCUT2D eigenvalue weighted by atomic mass is 35.5. The number of carbonyl (C=O) groups is 3. The fourth-order valence-electron chi connectivity index (χ4n) is 4.66. The maximum Gasteiger partial charge on any atom is 0.306 e. The van der Waals surface area contributed by atoms with Crippen molar-refractivity contribution in [2.24, 2.45) is 11.8 Å². The molecule has 7 nitrogen and oxygen atoms in total. The summed E-state index contributed by atoms with van der Waals surface area (Å²) in [5, 5.41) is 12.4. The number of nitrogens with one attached hydrogen (secondary N) is 1. The molecular formula is C29H34ClNO6. The van der Waals surface area contributed by atoms with Crippen LogP contribution in [-0.2, 0) is 4.79 Å². The Morgan fingerprint density at radius 3 is 2.27 bits per heavy atom. The van der Waals surface area contributed by atoms with Crippen molar-refractivity contribution in [3.05, 3.63) is 58.6 Å². The molecule has 0 aliphatic heterocycles. The van der Waals surface area contributed by atoms with Crippen molar-refractivity contribution in [1.82, 2.24) is 5.32 Å². The molecule has 37 heavy (non-hydrogen) atoms. The van der Waals surface area contributed by atoms with Crippen molar-refractivity contribution < 1.29 is 29.0 Å². The summed E-state index contributed by atoms with van der Waals surface area (Å²) >= 11 is 6.29. The Morgan fingerprint density at radius 2 is 1.65 bits per heavy atom. The molecule has 0 radical (unpaired) electrons. The van der Waals surface area contributed by atoms with E-state index in [4.69, 9.17) is 26.2 Å². The lowest BCUT2D eigenvalue weighted by molar-refractivity contribution is -0.143. The Labute approximate surface area is 222 Å². The van der Waals surface area contributed by atoms with Gasteiger partial charge in [0.1, 0.15) is 11.5 Å². The molecule has 198 valence electrons. The first-order valence-corrected chi connectivity index (χ1v) is 13.5. The van der Waals surface area contributed by atoms with E-state index in [1.807, 2.05) is 0 Å². The van der Waals surface area contributed by atoms with Gasteiger partial charge in [-0.05, 0) is 93.3 Å². The van der Waals surface area contributed by atoms with E-state index >= 15 is 0 Å². The second-order valence-corrected chi connectivity index (χ2v) is 10.4. The average Bonchev–Trinajstić information content (AvgIpc) is 2.87. The minimum absolute atomic E-state index is 0.00114. The molecule has 2 aliphatic carbocycles. The van der Waals surface area contributed by atoms with Crippen LogP contribution in [0.15, 0.2) is 42.5 Å². The van der Waals surface area contributed by atoms with E-state index in [0.717, 1.165) is 0 Å². The summed E-state index contributed by atoms with van der Waals surface area (Å²) < 4.78 is 11.7. The summed E-state index contributed by atoms with van der Waals surface area (Å²) in [6.07, 6.45) is 7.17. The smallest absolute Gasteiger partial charge is 0.306 e. The maximum absolute atomic E-state index is 12.5. The van der Waals surface area contributed by atoms with E-state index in [1.165, 1.54) is 19.3 Å². The van der Waals surface area contributed by atoms with Crippen LogP contribution in [0.2, 0.25) is 5.02 Å². The topological polar surface area (TPSA) is 102 Å². The molecule has 0 unspecified atom stereocenters. The number of hydrogen-bond acceptors (Lipinski definition) is 5. The lowest BCUT2D eigenvalue weighted by atomic mass is 9.86. The van der Waals surface area contributed by atoms with Crippen LogP contribution >= 0.6 is 11.6 Å². The minimum Gasteiger partial charge on any atom is -0.492 e. The number of Topliss-reactive ketones (excluding diaryl/α,β-unsaturated/α-hetero) is 1. The molecule has 2 fully saturated rings. The van der Waals surface area contributed by atoms with Gasteiger partial charge in [-0.2, -0.15) is 0 Å². The van der Waals surface area contributed by atoms with E-state index in [1.54, 1.807) is 42.5 Å². The minimum atomic E-state index is -0.733. The summed E-state index contributed by atoms with van der Waals surface area (Å²) in [5.74, 6) is 0.633. The van der Waals surface area contributed by atoms with Gasteiger partial charge in [0.25, 0.3) is 5.91 Å². The Hall–Kier alpha value is -3.06. The fourth-order valence-corrected chi connectivity index (χ4v) is 4.90. The van der Waals surface area contributed by atoms with Crippen molar-refractivity contribution in [2.45, 2.75) is 63.9 Å². The predicted molar refractivity (Wildman–Crippen MR) is 141 cm³/mol. The first-order valence-electron chi connectivity index (χ1n) is 13.1. The van der Waals surface area contributed by atoms with E-state index in [9.17, 15) is 14.4 Å². The zero-order valence-corrected chi connectivity index (χ0v) is 21.7. The number of rotatable bonds is 12. The van der Waals surface area contributed by atoms with Gasteiger partial charge >= 0.3 is 5.97 Å². The lowest BCUT2D eigenvalue weighted by Gasteiger charge is -2.26. The van der Waals surface area contributed by atoms with Gasteiger partial charge in [0.05, 0.1) is 23.7 Å². The molecule has 8 heteroatoms. The number of benzene rings is 2. The highest BCUT2D eigenvalue weighted by molar-refractivity contribution is 6.32. The molecular weight excluding hydrogens is 494 g/mol. The molecule has 2 N–H and O–H groups in total. The van der Waals surface area contributed by atoms with Crippen LogP contribution in [0.5, 0.6) is 11.5 Å². The summed E-state index contributed by atoms with van der Waals surface area (Å²) in [6.45, 7) is 1.03. The Morgan fingerprint density at radius 1 is 0.946 bits per heavy atom. The third-order valence-corrected chi connectivity index (χ3v) is 7.56. The molecule has 2 saturated carbocycles. The lowest BCUT2D eigenvalue weighted by Crippen LogP contribution is -2.27. The number of ether oxygens (including phenoxy) is 2. The Kier molecular flexibility index (Phi) is 9.45. The summed E-state index contributed by atoms with van der Waals surface area (Å²) in [4.78, 5) is 36.1. The van der Waals surface area contributed by atoms with Crippen molar-refractivity contribution >= 4 is 29.3 Å². The quantitative estimate of drug-likeness (QED) is 0.262. The van der Waals surface area contributed by atoms with Crippen LogP contribution in [-0.4, -0.2) is 42.0 Å². The van der Waals surface area contributed by atoms with Gasteiger partial charge in [-0.3, -0.25) is 14.4 Å².